The molecule has 0 unspecified atom stereocenters. The Morgan fingerprint density at radius 3 is 2.39 bits per heavy atom. The van der Waals surface area contributed by atoms with Gasteiger partial charge >= 0.3 is 6.18 Å². The van der Waals surface area contributed by atoms with E-state index in [1.807, 2.05) is 0 Å². The largest absolute Gasteiger partial charge is 0.433 e. The number of hydrogen-bond donors (Lipinski definition) is 2. The fraction of sp³-hybridized carbons (Fsp3) is 0.143. The Hall–Kier alpha value is -3.80. The number of primary amides is 1. The molecule has 0 spiro atoms. The van der Waals surface area contributed by atoms with E-state index in [9.17, 15) is 27.2 Å². The number of aryl methyl sites for hydroxylation is 1. The number of carbonyl (C=O) groups is 2. The molecule has 0 saturated heterocycles. The maximum absolute atomic E-state index is 13.5. The Bertz CT molecular complexity index is 1410. The number of pyridine rings is 1. The van der Waals surface area contributed by atoms with Crippen molar-refractivity contribution in [1.29, 1.82) is 0 Å². The van der Waals surface area contributed by atoms with Crippen molar-refractivity contribution in [3.63, 3.8) is 0 Å². The first-order chi connectivity index (χ1) is 15.5. The zero-order valence-electron chi connectivity index (χ0n) is 17.1. The lowest BCUT2D eigenvalue weighted by molar-refractivity contribution is -0.140. The number of benzene rings is 1. The first-order valence-electron chi connectivity index (χ1n) is 9.37. The highest BCUT2D eigenvalue weighted by Crippen LogP contribution is 2.43. The molecule has 12 heteroatoms. The molecule has 3 heterocycles. The quantitative estimate of drug-likeness (QED) is 0.422. The van der Waals surface area contributed by atoms with E-state index >= 15 is 0 Å². The Morgan fingerprint density at radius 1 is 1.18 bits per heavy atom. The SMILES string of the molecule is Cc1c(C(=O)Nc2c(C(N)=O)sc3nc(C(F)(F)F)cc(-c4ccc(F)cc4)c23)cnn1C. The molecule has 170 valence electrons. The van der Waals surface area contributed by atoms with Crippen LogP contribution in [0.5, 0.6) is 0 Å². The number of rotatable bonds is 4. The summed E-state index contributed by atoms with van der Waals surface area (Å²) in [7, 11) is 1.64. The van der Waals surface area contributed by atoms with E-state index in [-0.39, 0.29) is 37.5 Å². The molecule has 0 aliphatic heterocycles. The molecule has 2 amide bonds. The molecule has 7 nitrogen and oxygen atoms in total. The zero-order valence-corrected chi connectivity index (χ0v) is 17.9. The fourth-order valence-electron chi connectivity index (χ4n) is 3.30. The minimum atomic E-state index is -4.78. The van der Waals surface area contributed by atoms with Gasteiger partial charge in [0.1, 0.15) is 21.2 Å². The normalized spacial score (nSPS) is 11.7. The summed E-state index contributed by atoms with van der Waals surface area (Å²) in [5.74, 6) is -2.16. The minimum Gasteiger partial charge on any atom is -0.365 e. The number of nitrogens with one attached hydrogen (secondary N) is 1. The van der Waals surface area contributed by atoms with E-state index in [2.05, 4.69) is 15.4 Å². The summed E-state index contributed by atoms with van der Waals surface area (Å²) in [5, 5.41) is 6.67. The molecule has 4 rings (SSSR count). The van der Waals surface area contributed by atoms with Gasteiger partial charge in [-0.1, -0.05) is 12.1 Å². The minimum absolute atomic E-state index is 0.00860. The second-order valence-electron chi connectivity index (χ2n) is 7.13. The molecule has 0 aliphatic rings. The Labute approximate surface area is 187 Å². The van der Waals surface area contributed by atoms with Crippen LogP contribution >= 0.6 is 11.3 Å². The second-order valence-corrected chi connectivity index (χ2v) is 8.13. The average molecular weight is 477 g/mol. The monoisotopic (exact) mass is 477 g/mol. The smallest absolute Gasteiger partial charge is 0.365 e. The van der Waals surface area contributed by atoms with E-state index in [1.165, 1.54) is 23.0 Å². The van der Waals surface area contributed by atoms with Crippen LogP contribution in [0.1, 0.15) is 31.4 Å². The van der Waals surface area contributed by atoms with Crippen molar-refractivity contribution < 1.29 is 27.2 Å². The number of hydrogen-bond acceptors (Lipinski definition) is 5. The third-order valence-electron chi connectivity index (χ3n) is 5.05. The van der Waals surface area contributed by atoms with Crippen molar-refractivity contribution in [1.82, 2.24) is 14.8 Å². The van der Waals surface area contributed by atoms with Crippen molar-refractivity contribution in [2.24, 2.45) is 12.8 Å². The molecule has 3 aromatic heterocycles. The summed E-state index contributed by atoms with van der Waals surface area (Å²) < 4.78 is 55.5. The number of anilines is 1. The number of nitrogens with zero attached hydrogens (tertiary/aromatic N) is 3. The number of thiophene rings is 1. The Morgan fingerprint density at radius 2 is 1.85 bits per heavy atom. The van der Waals surface area contributed by atoms with Gasteiger partial charge in [0.2, 0.25) is 0 Å². The molecular formula is C21H15F4N5O2S. The highest BCUT2D eigenvalue weighted by atomic mass is 32.1. The van der Waals surface area contributed by atoms with Gasteiger partial charge in [0.05, 0.1) is 17.4 Å². The van der Waals surface area contributed by atoms with Crippen LogP contribution in [0.3, 0.4) is 0 Å². The van der Waals surface area contributed by atoms with Crippen molar-refractivity contribution in [3.8, 4) is 11.1 Å². The van der Waals surface area contributed by atoms with Crippen LogP contribution in [0.15, 0.2) is 36.5 Å². The van der Waals surface area contributed by atoms with Crippen LogP contribution < -0.4 is 11.1 Å². The van der Waals surface area contributed by atoms with Crippen LogP contribution in [0.25, 0.3) is 21.3 Å². The van der Waals surface area contributed by atoms with Gasteiger partial charge in [-0.3, -0.25) is 14.3 Å². The number of nitrogens with two attached hydrogens (primary N) is 1. The molecule has 0 fully saturated rings. The molecule has 0 radical (unpaired) electrons. The summed E-state index contributed by atoms with van der Waals surface area (Å²) in [6.07, 6.45) is -3.46. The van der Waals surface area contributed by atoms with Crippen molar-refractivity contribution in [2.75, 3.05) is 5.32 Å². The Balaban J connectivity index is 1.99. The zero-order chi connectivity index (χ0) is 24.1. The van der Waals surface area contributed by atoms with Crippen LogP contribution in [0.2, 0.25) is 0 Å². The Kier molecular flexibility index (Phi) is 5.40. The van der Waals surface area contributed by atoms with Crippen molar-refractivity contribution in [3.05, 3.63) is 64.2 Å². The summed E-state index contributed by atoms with van der Waals surface area (Å²) >= 11 is 0.626. The van der Waals surface area contributed by atoms with Crippen molar-refractivity contribution >= 4 is 39.1 Å². The predicted molar refractivity (Wildman–Crippen MR) is 114 cm³/mol. The topological polar surface area (TPSA) is 103 Å². The number of fused-ring (bicyclic) bond motifs is 1. The van der Waals surface area contributed by atoms with E-state index in [0.717, 1.165) is 18.2 Å². The van der Waals surface area contributed by atoms with Gasteiger partial charge in [-0.05, 0) is 36.2 Å². The third-order valence-corrected chi connectivity index (χ3v) is 6.15. The molecule has 0 aliphatic carbocycles. The van der Waals surface area contributed by atoms with Gasteiger partial charge in [0, 0.05) is 18.1 Å². The molecular weight excluding hydrogens is 462 g/mol. The molecule has 33 heavy (non-hydrogen) atoms. The van der Waals surface area contributed by atoms with Crippen LogP contribution in [0, 0.1) is 12.7 Å². The summed E-state index contributed by atoms with van der Waals surface area (Å²) in [4.78, 5) is 28.4. The fourth-order valence-corrected chi connectivity index (χ4v) is 4.30. The van der Waals surface area contributed by atoms with Crippen LogP contribution in [-0.2, 0) is 13.2 Å². The molecule has 1 aromatic carbocycles. The van der Waals surface area contributed by atoms with Crippen LogP contribution in [0.4, 0.5) is 23.2 Å². The van der Waals surface area contributed by atoms with Gasteiger partial charge < -0.3 is 11.1 Å². The maximum Gasteiger partial charge on any atom is 0.433 e. The van der Waals surface area contributed by atoms with E-state index < -0.39 is 29.5 Å². The lowest BCUT2D eigenvalue weighted by Crippen LogP contribution is -2.17. The van der Waals surface area contributed by atoms with Gasteiger partial charge in [0.25, 0.3) is 11.8 Å². The van der Waals surface area contributed by atoms with E-state index in [4.69, 9.17) is 5.73 Å². The van der Waals surface area contributed by atoms with Gasteiger partial charge in [-0.15, -0.1) is 11.3 Å². The molecule has 3 N–H and O–H groups in total. The first kappa shape index (κ1) is 22.4. The maximum atomic E-state index is 13.5. The first-order valence-corrected chi connectivity index (χ1v) is 10.2. The number of aromatic nitrogens is 3. The summed E-state index contributed by atoms with van der Waals surface area (Å²) in [6, 6.07) is 5.56. The lowest BCUT2D eigenvalue weighted by atomic mass is 10.0. The van der Waals surface area contributed by atoms with E-state index in [1.54, 1.807) is 14.0 Å². The molecule has 0 saturated carbocycles. The van der Waals surface area contributed by atoms with Crippen molar-refractivity contribution in [2.45, 2.75) is 13.1 Å². The van der Waals surface area contributed by atoms with Gasteiger partial charge in [-0.2, -0.15) is 18.3 Å². The third kappa shape index (κ3) is 4.04. The standard InChI is InChI=1S/C21H15F4N5O2S/c1-9-13(8-27-30(9)2)19(32)29-16-15-12(10-3-5-11(22)6-4-10)7-14(21(23,24)25)28-20(15)33-17(16)18(26)31/h3-8H,1-2H3,(H2,26,31)(H,29,32). The summed E-state index contributed by atoms with van der Waals surface area (Å²) in [6.45, 7) is 1.66. The van der Waals surface area contributed by atoms with E-state index in [0.29, 0.717) is 17.0 Å². The number of amides is 2. The highest BCUT2D eigenvalue weighted by molar-refractivity contribution is 7.21. The van der Waals surface area contributed by atoms with Crippen LogP contribution in [-0.4, -0.2) is 26.6 Å². The average Bonchev–Trinajstić information content (AvgIpc) is 3.27. The van der Waals surface area contributed by atoms with Gasteiger partial charge in [-0.25, -0.2) is 9.37 Å². The number of halogens is 4. The second kappa shape index (κ2) is 7.96. The lowest BCUT2D eigenvalue weighted by Gasteiger charge is -2.12. The number of carbonyl (C=O) groups excluding carboxylic acids is 2. The molecule has 0 bridgehead atoms. The number of alkyl halides is 3. The molecule has 0 atom stereocenters. The predicted octanol–water partition coefficient (Wildman–Crippen LogP) is 4.51. The molecule has 4 aromatic rings. The summed E-state index contributed by atoms with van der Waals surface area (Å²) in [5.41, 5.74) is 5.17. The van der Waals surface area contributed by atoms with Gasteiger partial charge in [0.15, 0.2) is 0 Å². The highest BCUT2D eigenvalue weighted by Gasteiger charge is 2.35.